The first-order chi connectivity index (χ1) is 9.79. The average molecular weight is 350 g/mol. The molecule has 0 aliphatic carbocycles. The van der Waals surface area contributed by atoms with Gasteiger partial charge in [0.05, 0.1) is 11.1 Å². The van der Waals surface area contributed by atoms with E-state index in [0.29, 0.717) is 22.6 Å². The van der Waals surface area contributed by atoms with Crippen LogP contribution < -0.4 is 5.32 Å². The number of hydrogen-bond acceptors (Lipinski definition) is 3. The topological polar surface area (TPSA) is 75.6 Å². The van der Waals surface area contributed by atoms with Crippen LogP contribution in [0.5, 0.6) is 0 Å². The van der Waals surface area contributed by atoms with Gasteiger partial charge in [-0.25, -0.2) is 4.79 Å². The van der Waals surface area contributed by atoms with Crippen LogP contribution in [0.2, 0.25) is 0 Å². The summed E-state index contributed by atoms with van der Waals surface area (Å²) in [6, 6.07) is 4.53. The third-order valence-corrected chi connectivity index (χ3v) is 4.64. The highest BCUT2D eigenvalue weighted by Gasteiger charge is 2.36. The molecule has 0 bridgehead atoms. The minimum absolute atomic E-state index is 0.128. The van der Waals surface area contributed by atoms with Crippen LogP contribution in [0.15, 0.2) is 34.5 Å². The van der Waals surface area contributed by atoms with Gasteiger partial charge in [-0.1, -0.05) is 15.9 Å². The molecule has 2 aliphatic heterocycles. The van der Waals surface area contributed by atoms with E-state index in [0.717, 1.165) is 4.48 Å². The summed E-state index contributed by atoms with van der Waals surface area (Å²) >= 11 is 3.42. The Balaban J connectivity index is 2.18. The Kier molecular flexibility index (Phi) is 2.95. The molecular weight excluding hydrogens is 338 g/mol. The van der Waals surface area contributed by atoms with E-state index in [9.17, 15) is 9.59 Å². The van der Waals surface area contributed by atoms with E-state index in [1.54, 1.807) is 12.1 Å². The van der Waals surface area contributed by atoms with Crippen molar-refractivity contribution < 1.29 is 19.4 Å². The molecule has 5 nitrogen and oxygen atoms in total. The van der Waals surface area contributed by atoms with Gasteiger partial charge in [0.15, 0.2) is 0 Å². The van der Waals surface area contributed by atoms with Gasteiger partial charge in [-0.2, -0.15) is 0 Å². The zero-order valence-electron chi connectivity index (χ0n) is 11.4. The molecule has 0 fully saturated rings. The van der Waals surface area contributed by atoms with Gasteiger partial charge in [0.1, 0.15) is 11.4 Å². The first kappa shape index (κ1) is 13.9. The summed E-state index contributed by atoms with van der Waals surface area (Å²) in [5, 5.41) is 11.8. The van der Waals surface area contributed by atoms with Gasteiger partial charge in [0, 0.05) is 15.7 Å². The molecule has 2 N–H and O–H groups in total. The second kappa shape index (κ2) is 4.46. The van der Waals surface area contributed by atoms with Gasteiger partial charge in [-0.05, 0) is 38.1 Å². The second-order valence-electron chi connectivity index (χ2n) is 5.36. The molecule has 0 atom stereocenters. The fourth-order valence-corrected chi connectivity index (χ4v) is 2.60. The summed E-state index contributed by atoms with van der Waals surface area (Å²) < 4.78 is 6.63. The molecule has 2 heterocycles. The van der Waals surface area contributed by atoms with E-state index >= 15 is 0 Å². The largest absolute Gasteiger partial charge is 0.482 e. The van der Waals surface area contributed by atoms with E-state index in [1.165, 1.54) is 12.1 Å². The summed E-state index contributed by atoms with van der Waals surface area (Å²) in [4.78, 5) is 23.3. The van der Waals surface area contributed by atoms with Crippen molar-refractivity contribution >= 4 is 39.1 Å². The van der Waals surface area contributed by atoms with Gasteiger partial charge in [-0.3, -0.25) is 4.79 Å². The van der Waals surface area contributed by atoms with Gasteiger partial charge in [0.2, 0.25) is 0 Å². The summed E-state index contributed by atoms with van der Waals surface area (Å²) in [5.41, 5.74) is 1.07. The number of halogens is 1. The number of aromatic carboxylic acids is 1. The summed E-state index contributed by atoms with van der Waals surface area (Å²) in [7, 11) is 0. The van der Waals surface area contributed by atoms with Crippen LogP contribution in [0, 0.1) is 0 Å². The smallest absolute Gasteiger partial charge is 0.335 e. The van der Waals surface area contributed by atoms with E-state index in [4.69, 9.17) is 9.84 Å². The maximum absolute atomic E-state index is 12.2. The van der Waals surface area contributed by atoms with Crippen molar-refractivity contribution in [1.29, 1.82) is 0 Å². The Morgan fingerprint density at radius 1 is 1.38 bits per heavy atom. The first-order valence-corrected chi connectivity index (χ1v) is 7.09. The Bertz CT molecular complexity index is 746. The predicted molar refractivity (Wildman–Crippen MR) is 81.1 cm³/mol. The molecule has 0 saturated carbocycles. The van der Waals surface area contributed by atoms with Crippen molar-refractivity contribution in [3.63, 3.8) is 0 Å². The van der Waals surface area contributed by atoms with E-state index < -0.39 is 11.6 Å². The maximum atomic E-state index is 12.2. The molecule has 0 radical (unpaired) electrons. The minimum Gasteiger partial charge on any atom is -0.482 e. The molecular formula is C15H12BrNO4. The Morgan fingerprint density at radius 3 is 2.67 bits per heavy atom. The molecule has 0 aromatic heterocycles. The number of benzene rings is 1. The lowest BCUT2D eigenvalue weighted by Gasteiger charge is -2.20. The van der Waals surface area contributed by atoms with Gasteiger partial charge in [0.25, 0.3) is 5.91 Å². The SMILES string of the molecule is CC1(C)OC(=C2C(=O)Nc3ccc(C(=O)O)cc32)C=C1Br. The summed E-state index contributed by atoms with van der Waals surface area (Å²) in [5.74, 6) is -0.895. The number of nitrogens with one attached hydrogen (secondary N) is 1. The number of allylic oxidation sites excluding steroid dienone is 1. The zero-order chi connectivity index (χ0) is 15.4. The third kappa shape index (κ3) is 2.15. The van der Waals surface area contributed by atoms with Crippen molar-refractivity contribution in [1.82, 2.24) is 0 Å². The lowest BCUT2D eigenvalue weighted by Crippen LogP contribution is -2.19. The number of anilines is 1. The molecule has 3 rings (SSSR count). The highest BCUT2D eigenvalue weighted by molar-refractivity contribution is 9.11. The molecule has 21 heavy (non-hydrogen) atoms. The maximum Gasteiger partial charge on any atom is 0.335 e. The third-order valence-electron chi connectivity index (χ3n) is 3.46. The number of amides is 1. The van der Waals surface area contributed by atoms with Crippen LogP contribution in [0.4, 0.5) is 5.69 Å². The van der Waals surface area contributed by atoms with Crippen LogP contribution in [0.1, 0.15) is 29.8 Å². The lowest BCUT2D eigenvalue weighted by atomic mass is 10.0. The number of carboxylic acids is 1. The molecule has 0 saturated heterocycles. The quantitative estimate of drug-likeness (QED) is 0.763. The van der Waals surface area contributed by atoms with Crippen LogP contribution in [-0.2, 0) is 9.53 Å². The van der Waals surface area contributed by atoms with Crippen molar-refractivity contribution in [3.8, 4) is 0 Å². The number of carbonyl (C=O) groups is 2. The van der Waals surface area contributed by atoms with Crippen molar-refractivity contribution in [2.24, 2.45) is 0 Å². The van der Waals surface area contributed by atoms with Gasteiger partial charge < -0.3 is 15.2 Å². The molecule has 0 spiro atoms. The molecule has 1 aromatic rings. The molecule has 108 valence electrons. The van der Waals surface area contributed by atoms with E-state index in [-0.39, 0.29) is 11.5 Å². The molecule has 2 aliphatic rings. The van der Waals surface area contributed by atoms with Crippen LogP contribution >= 0.6 is 15.9 Å². The monoisotopic (exact) mass is 349 g/mol. The van der Waals surface area contributed by atoms with Crippen molar-refractivity contribution in [3.05, 3.63) is 45.6 Å². The normalized spacial score (nSPS) is 22.4. The Labute approximate surface area is 129 Å². The van der Waals surface area contributed by atoms with Crippen LogP contribution in [0.3, 0.4) is 0 Å². The van der Waals surface area contributed by atoms with Gasteiger partial charge in [-0.15, -0.1) is 0 Å². The summed E-state index contributed by atoms with van der Waals surface area (Å²) in [6.07, 6.45) is 1.75. The molecule has 6 heteroatoms. The first-order valence-electron chi connectivity index (χ1n) is 6.29. The predicted octanol–water partition coefficient (Wildman–Crippen LogP) is 3.14. The zero-order valence-corrected chi connectivity index (χ0v) is 12.9. The summed E-state index contributed by atoms with van der Waals surface area (Å²) in [6.45, 7) is 3.76. The highest BCUT2D eigenvalue weighted by atomic mass is 79.9. The number of carboxylic acid groups (broad SMARTS) is 1. The van der Waals surface area contributed by atoms with E-state index in [1.807, 2.05) is 13.8 Å². The fraction of sp³-hybridized carbons (Fsp3) is 0.200. The minimum atomic E-state index is -1.04. The Morgan fingerprint density at radius 2 is 2.10 bits per heavy atom. The molecule has 0 unspecified atom stereocenters. The number of rotatable bonds is 1. The number of fused-ring (bicyclic) bond motifs is 1. The average Bonchev–Trinajstić information content (AvgIpc) is 2.84. The Hall–Kier alpha value is -2.08. The fourth-order valence-electron chi connectivity index (χ4n) is 2.31. The number of carbonyl (C=O) groups excluding carboxylic acids is 1. The second-order valence-corrected chi connectivity index (χ2v) is 6.22. The van der Waals surface area contributed by atoms with Crippen LogP contribution in [0.25, 0.3) is 5.57 Å². The lowest BCUT2D eigenvalue weighted by molar-refractivity contribution is -0.111. The van der Waals surface area contributed by atoms with Crippen molar-refractivity contribution in [2.75, 3.05) is 5.32 Å². The van der Waals surface area contributed by atoms with Crippen molar-refractivity contribution in [2.45, 2.75) is 19.4 Å². The number of hydrogen-bond donors (Lipinski definition) is 2. The van der Waals surface area contributed by atoms with E-state index in [2.05, 4.69) is 21.2 Å². The highest BCUT2D eigenvalue weighted by Crippen LogP contribution is 2.42. The standard InChI is InChI=1S/C15H12BrNO4/c1-15(2)11(16)6-10(21-15)12-8-5-7(14(19)20)3-4-9(8)17-13(12)18/h3-6H,1-2H3,(H,17,18)(H,19,20). The van der Waals surface area contributed by atoms with Crippen LogP contribution in [-0.4, -0.2) is 22.6 Å². The molecule has 1 aromatic carbocycles. The number of ether oxygens (including phenoxy) is 1. The molecule has 1 amide bonds. The van der Waals surface area contributed by atoms with Gasteiger partial charge >= 0.3 is 5.97 Å².